The van der Waals surface area contributed by atoms with Crippen molar-refractivity contribution in [3.63, 3.8) is 0 Å². The third-order valence-corrected chi connectivity index (χ3v) is 2.63. The predicted octanol–water partition coefficient (Wildman–Crippen LogP) is 1.65. The largest absolute Gasteiger partial charge is 0.337 e. The van der Waals surface area contributed by atoms with Crippen molar-refractivity contribution in [2.45, 2.75) is 6.54 Å². The summed E-state index contributed by atoms with van der Waals surface area (Å²) < 4.78 is 0. The predicted molar refractivity (Wildman–Crippen MR) is 69.3 cm³/mol. The van der Waals surface area contributed by atoms with Gasteiger partial charge >= 0.3 is 0 Å². The van der Waals surface area contributed by atoms with Crippen molar-refractivity contribution in [3.05, 3.63) is 70.1 Å². The van der Waals surface area contributed by atoms with Gasteiger partial charge in [-0.1, -0.05) is 30.3 Å². The zero-order valence-corrected chi connectivity index (χ0v) is 10.1. The smallest absolute Gasteiger partial charge is 0.254 e. The highest BCUT2D eigenvalue weighted by Gasteiger charge is 2.11. The zero-order valence-electron chi connectivity index (χ0n) is 10.1. The fourth-order valence-corrected chi connectivity index (χ4v) is 1.73. The van der Waals surface area contributed by atoms with Crippen LogP contribution in [0.1, 0.15) is 15.9 Å². The van der Waals surface area contributed by atoms with Crippen molar-refractivity contribution in [1.29, 1.82) is 0 Å². The molecule has 4 nitrogen and oxygen atoms in total. The Morgan fingerprint density at radius 3 is 2.61 bits per heavy atom. The Kier molecular flexibility index (Phi) is 3.57. The van der Waals surface area contributed by atoms with Crippen LogP contribution in [0.15, 0.2) is 53.5 Å². The van der Waals surface area contributed by atoms with Gasteiger partial charge < -0.3 is 9.88 Å². The van der Waals surface area contributed by atoms with Crippen LogP contribution in [0.4, 0.5) is 0 Å². The number of aromatic nitrogens is 1. The van der Waals surface area contributed by atoms with Gasteiger partial charge in [0.05, 0.1) is 0 Å². The maximum absolute atomic E-state index is 12.1. The minimum absolute atomic E-state index is 0.162. The molecule has 1 amide bonds. The number of amides is 1. The second kappa shape index (κ2) is 5.31. The molecule has 0 aliphatic rings. The number of carbonyl (C=O) groups is 1. The summed E-state index contributed by atoms with van der Waals surface area (Å²) in [5, 5.41) is 0. The van der Waals surface area contributed by atoms with E-state index in [0.29, 0.717) is 12.1 Å². The number of nitrogens with one attached hydrogen (secondary N) is 1. The Morgan fingerprint density at radius 1 is 1.22 bits per heavy atom. The van der Waals surface area contributed by atoms with E-state index in [0.717, 1.165) is 5.56 Å². The first-order valence-corrected chi connectivity index (χ1v) is 5.65. The summed E-state index contributed by atoms with van der Waals surface area (Å²) in [6, 6.07) is 12.6. The van der Waals surface area contributed by atoms with Crippen molar-refractivity contribution in [1.82, 2.24) is 9.88 Å². The molecule has 0 aliphatic carbocycles. The van der Waals surface area contributed by atoms with Crippen molar-refractivity contribution in [3.8, 4) is 0 Å². The van der Waals surface area contributed by atoms with Crippen LogP contribution in [0.3, 0.4) is 0 Å². The van der Waals surface area contributed by atoms with Crippen LogP contribution in [-0.4, -0.2) is 22.8 Å². The molecule has 0 atom stereocenters. The normalized spacial score (nSPS) is 10.1. The average molecular weight is 242 g/mol. The van der Waals surface area contributed by atoms with E-state index in [1.807, 2.05) is 30.3 Å². The van der Waals surface area contributed by atoms with Gasteiger partial charge in [0.15, 0.2) is 0 Å². The van der Waals surface area contributed by atoms with Crippen LogP contribution < -0.4 is 5.56 Å². The fourth-order valence-electron chi connectivity index (χ4n) is 1.73. The first-order chi connectivity index (χ1) is 8.66. The molecule has 0 saturated carbocycles. The quantitative estimate of drug-likeness (QED) is 0.889. The highest BCUT2D eigenvalue weighted by molar-refractivity contribution is 5.93. The molecule has 1 aromatic heterocycles. The summed E-state index contributed by atoms with van der Waals surface area (Å²) in [4.78, 5) is 27.3. The molecule has 0 fully saturated rings. The number of carbonyl (C=O) groups excluding carboxylic acids is 1. The number of hydrogen-bond acceptors (Lipinski definition) is 2. The van der Waals surface area contributed by atoms with Crippen LogP contribution in [0, 0.1) is 0 Å². The number of rotatable bonds is 3. The second-order valence-electron chi connectivity index (χ2n) is 4.09. The van der Waals surface area contributed by atoms with E-state index in [2.05, 4.69) is 4.98 Å². The minimum atomic E-state index is -0.269. The molecule has 1 N–H and O–H groups in total. The van der Waals surface area contributed by atoms with Gasteiger partial charge in [0.2, 0.25) is 5.56 Å². The molecular formula is C14H14N2O2. The number of benzene rings is 1. The summed E-state index contributed by atoms with van der Waals surface area (Å²) in [7, 11) is 1.72. The fraction of sp³-hybridized carbons (Fsp3) is 0.143. The molecule has 1 aromatic carbocycles. The van der Waals surface area contributed by atoms with Crippen molar-refractivity contribution < 1.29 is 4.79 Å². The van der Waals surface area contributed by atoms with Gasteiger partial charge in [-0.3, -0.25) is 9.59 Å². The molecule has 2 aromatic rings. The monoisotopic (exact) mass is 242 g/mol. The topological polar surface area (TPSA) is 53.2 Å². The number of pyridine rings is 1. The third-order valence-electron chi connectivity index (χ3n) is 2.63. The molecule has 0 unspecified atom stereocenters. The van der Waals surface area contributed by atoms with Gasteiger partial charge in [-0.25, -0.2) is 0 Å². The molecule has 0 bridgehead atoms. The summed E-state index contributed by atoms with van der Waals surface area (Å²) in [5.41, 5.74) is 1.18. The number of H-pyrrole nitrogens is 1. The molecule has 0 aliphatic heterocycles. The number of hydrogen-bond donors (Lipinski definition) is 1. The van der Waals surface area contributed by atoms with Gasteiger partial charge in [0.1, 0.15) is 0 Å². The summed E-state index contributed by atoms with van der Waals surface area (Å²) in [5.74, 6) is -0.162. The Bertz CT molecular complexity index is 590. The maximum atomic E-state index is 12.1. The van der Waals surface area contributed by atoms with Crippen molar-refractivity contribution in [2.75, 3.05) is 7.05 Å². The minimum Gasteiger partial charge on any atom is -0.337 e. The van der Waals surface area contributed by atoms with E-state index in [4.69, 9.17) is 0 Å². The van der Waals surface area contributed by atoms with E-state index in [1.54, 1.807) is 18.0 Å². The molecule has 0 radical (unpaired) electrons. The first kappa shape index (κ1) is 12.1. The lowest BCUT2D eigenvalue weighted by Gasteiger charge is -2.17. The van der Waals surface area contributed by atoms with Crippen LogP contribution >= 0.6 is 0 Å². The second-order valence-corrected chi connectivity index (χ2v) is 4.09. The molecule has 0 saturated heterocycles. The van der Waals surface area contributed by atoms with Crippen molar-refractivity contribution in [2.24, 2.45) is 0 Å². The average Bonchev–Trinajstić information content (AvgIpc) is 2.39. The number of aromatic amines is 1. The summed E-state index contributed by atoms with van der Waals surface area (Å²) in [6.07, 6.45) is 1.48. The van der Waals surface area contributed by atoms with Crippen LogP contribution in [0.2, 0.25) is 0 Å². The Labute approximate surface area is 105 Å². The van der Waals surface area contributed by atoms with Crippen LogP contribution in [-0.2, 0) is 6.54 Å². The van der Waals surface area contributed by atoms with Crippen molar-refractivity contribution >= 4 is 5.91 Å². The Balaban J connectivity index is 2.12. The Morgan fingerprint density at radius 2 is 1.94 bits per heavy atom. The van der Waals surface area contributed by atoms with Gasteiger partial charge in [-0.2, -0.15) is 0 Å². The van der Waals surface area contributed by atoms with Gasteiger partial charge in [0.25, 0.3) is 5.91 Å². The number of nitrogens with zero attached hydrogens (tertiary/aromatic N) is 1. The van der Waals surface area contributed by atoms with E-state index in [1.165, 1.54) is 12.3 Å². The Hall–Kier alpha value is -2.36. The molecule has 0 spiro atoms. The zero-order chi connectivity index (χ0) is 13.0. The third kappa shape index (κ3) is 2.85. The van der Waals surface area contributed by atoms with Gasteiger partial charge in [-0.15, -0.1) is 0 Å². The first-order valence-electron chi connectivity index (χ1n) is 5.65. The van der Waals surface area contributed by atoms with E-state index < -0.39 is 0 Å². The molecule has 1 heterocycles. The summed E-state index contributed by atoms with van der Waals surface area (Å²) in [6.45, 7) is 0.520. The van der Waals surface area contributed by atoms with Crippen LogP contribution in [0.5, 0.6) is 0 Å². The van der Waals surface area contributed by atoms with Gasteiger partial charge in [-0.05, 0) is 11.6 Å². The van der Waals surface area contributed by atoms with Gasteiger partial charge in [0, 0.05) is 31.4 Å². The maximum Gasteiger partial charge on any atom is 0.254 e. The van der Waals surface area contributed by atoms with E-state index in [9.17, 15) is 9.59 Å². The highest BCUT2D eigenvalue weighted by Crippen LogP contribution is 2.06. The lowest BCUT2D eigenvalue weighted by atomic mass is 10.2. The SMILES string of the molecule is CN(Cc1ccccc1)C(=O)c1cc[nH]c(=O)c1. The van der Waals surface area contributed by atoms with Crippen LogP contribution in [0.25, 0.3) is 0 Å². The van der Waals surface area contributed by atoms with E-state index in [-0.39, 0.29) is 11.5 Å². The molecule has 2 rings (SSSR count). The summed E-state index contributed by atoms with van der Waals surface area (Å²) >= 11 is 0. The molecule has 18 heavy (non-hydrogen) atoms. The molecular weight excluding hydrogens is 228 g/mol. The lowest BCUT2D eigenvalue weighted by molar-refractivity contribution is 0.0785. The molecule has 92 valence electrons. The van der Waals surface area contributed by atoms with E-state index >= 15 is 0 Å². The lowest BCUT2D eigenvalue weighted by Crippen LogP contribution is -2.27. The molecule has 4 heteroatoms. The standard InChI is InChI=1S/C14H14N2O2/c1-16(10-11-5-3-2-4-6-11)14(18)12-7-8-15-13(17)9-12/h2-9H,10H2,1H3,(H,15,17). The highest BCUT2D eigenvalue weighted by atomic mass is 16.2.